The van der Waals surface area contributed by atoms with E-state index in [2.05, 4.69) is 0 Å². The SMILES string of the molecule is O=[N+]([O-])c1cccc(OC2CC(O)C2)c1. The topological polar surface area (TPSA) is 72.6 Å². The summed E-state index contributed by atoms with van der Waals surface area (Å²) in [5.74, 6) is 0.487. The van der Waals surface area contributed by atoms with Crippen molar-refractivity contribution in [2.45, 2.75) is 25.0 Å². The molecule has 0 saturated heterocycles. The predicted molar refractivity (Wildman–Crippen MR) is 52.8 cm³/mol. The van der Waals surface area contributed by atoms with Gasteiger partial charge in [-0.2, -0.15) is 0 Å². The molecule has 5 nitrogen and oxygen atoms in total. The molecule has 0 aromatic heterocycles. The van der Waals surface area contributed by atoms with Crippen LogP contribution in [0.5, 0.6) is 5.75 Å². The summed E-state index contributed by atoms with van der Waals surface area (Å²) in [6.45, 7) is 0. The van der Waals surface area contributed by atoms with Crippen molar-refractivity contribution in [1.29, 1.82) is 0 Å². The van der Waals surface area contributed by atoms with Crippen molar-refractivity contribution in [1.82, 2.24) is 0 Å². The molecule has 0 aliphatic heterocycles. The maximum absolute atomic E-state index is 10.5. The highest BCUT2D eigenvalue weighted by molar-refractivity contribution is 5.38. The predicted octanol–water partition coefficient (Wildman–Crippen LogP) is 1.50. The molecule has 1 aromatic carbocycles. The van der Waals surface area contributed by atoms with Gasteiger partial charge in [-0.15, -0.1) is 0 Å². The zero-order chi connectivity index (χ0) is 10.8. The molecule has 1 N–H and O–H groups in total. The van der Waals surface area contributed by atoms with Crippen molar-refractivity contribution in [3.8, 4) is 5.75 Å². The summed E-state index contributed by atoms with van der Waals surface area (Å²) in [7, 11) is 0. The van der Waals surface area contributed by atoms with Gasteiger partial charge in [-0.05, 0) is 6.07 Å². The van der Waals surface area contributed by atoms with Crippen LogP contribution in [0.3, 0.4) is 0 Å². The van der Waals surface area contributed by atoms with Gasteiger partial charge in [0.1, 0.15) is 11.9 Å². The van der Waals surface area contributed by atoms with Gasteiger partial charge in [0.05, 0.1) is 17.1 Å². The van der Waals surface area contributed by atoms with Crippen LogP contribution in [-0.2, 0) is 0 Å². The van der Waals surface area contributed by atoms with Gasteiger partial charge in [0, 0.05) is 18.9 Å². The van der Waals surface area contributed by atoms with Crippen molar-refractivity contribution in [3.05, 3.63) is 34.4 Å². The van der Waals surface area contributed by atoms with Crippen LogP contribution in [0.2, 0.25) is 0 Å². The van der Waals surface area contributed by atoms with Gasteiger partial charge in [-0.25, -0.2) is 0 Å². The van der Waals surface area contributed by atoms with Gasteiger partial charge in [0.15, 0.2) is 0 Å². The van der Waals surface area contributed by atoms with E-state index in [-0.39, 0.29) is 17.9 Å². The first-order chi connectivity index (χ1) is 7.15. The maximum Gasteiger partial charge on any atom is 0.273 e. The lowest BCUT2D eigenvalue weighted by molar-refractivity contribution is -0.385. The van der Waals surface area contributed by atoms with Crippen LogP contribution in [0.4, 0.5) is 5.69 Å². The van der Waals surface area contributed by atoms with Gasteiger partial charge in [-0.1, -0.05) is 6.07 Å². The molecule has 1 fully saturated rings. The van der Waals surface area contributed by atoms with E-state index >= 15 is 0 Å². The number of hydrogen-bond acceptors (Lipinski definition) is 4. The van der Waals surface area contributed by atoms with E-state index in [1.807, 2.05) is 0 Å². The lowest BCUT2D eigenvalue weighted by Gasteiger charge is -2.31. The fraction of sp³-hybridized carbons (Fsp3) is 0.400. The minimum absolute atomic E-state index is 0.0120. The van der Waals surface area contributed by atoms with Crippen LogP contribution in [0.15, 0.2) is 24.3 Å². The molecule has 1 aromatic rings. The first-order valence-electron chi connectivity index (χ1n) is 4.74. The van der Waals surface area contributed by atoms with Crippen molar-refractivity contribution < 1.29 is 14.8 Å². The normalized spacial score (nSPS) is 24.3. The highest BCUT2D eigenvalue weighted by Crippen LogP contribution is 2.27. The van der Waals surface area contributed by atoms with Crippen LogP contribution in [0.25, 0.3) is 0 Å². The number of non-ortho nitro benzene ring substituents is 1. The summed E-state index contributed by atoms with van der Waals surface area (Å²) < 4.78 is 5.45. The first kappa shape index (κ1) is 9.92. The number of nitro groups is 1. The molecule has 0 radical (unpaired) electrons. The molecular formula is C10H11NO4. The molecule has 1 aliphatic rings. The molecule has 0 amide bonds. The summed E-state index contributed by atoms with van der Waals surface area (Å²) in [4.78, 5) is 10.0. The Kier molecular flexibility index (Phi) is 2.55. The summed E-state index contributed by atoms with van der Waals surface area (Å²) in [6, 6.07) is 6.08. The third-order valence-electron chi connectivity index (χ3n) is 2.40. The van der Waals surface area contributed by atoms with Crippen LogP contribution in [-0.4, -0.2) is 22.2 Å². The number of aliphatic hydroxyl groups is 1. The van der Waals surface area contributed by atoms with Crippen LogP contribution in [0.1, 0.15) is 12.8 Å². The fourth-order valence-electron chi connectivity index (χ4n) is 1.50. The van der Waals surface area contributed by atoms with E-state index in [9.17, 15) is 10.1 Å². The molecule has 0 atom stereocenters. The highest BCUT2D eigenvalue weighted by Gasteiger charge is 2.29. The Morgan fingerprint density at radius 2 is 2.20 bits per heavy atom. The molecule has 0 unspecified atom stereocenters. The molecule has 15 heavy (non-hydrogen) atoms. The average Bonchev–Trinajstić information content (AvgIpc) is 2.16. The third kappa shape index (κ3) is 2.24. The molecule has 80 valence electrons. The standard InChI is InChI=1S/C10H11NO4/c12-8-5-10(6-8)15-9-3-1-2-7(4-9)11(13)14/h1-4,8,10,12H,5-6H2. The van der Waals surface area contributed by atoms with Crippen molar-refractivity contribution in [3.63, 3.8) is 0 Å². The number of hydrogen-bond donors (Lipinski definition) is 1. The second-order valence-electron chi connectivity index (χ2n) is 3.62. The Bertz CT molecular complexity index is 373. The van der Waals surface area contributed by atoms with Gasteiger partial charge >= 0.3 is 0 Å². The molecular weight excluding hydrogens is 198 g/mol. The van der Waals surface area contributed by atoms with Gasteiger partial charge in [-0.3, -0.25) is 10.1 Å². The summed E-state index contributed by atoms with van der Waals surface area (Å²) >= 11 is 0. The Morgan fingerprint density at radius 3 is 2.80 bits per heavy atom. The van der Waals surface area contributed by atoms with Crippen molar-refractivity contribution in [2.75, 3.05) is 0 Å². The van der Waals surface area contributed by atoms with E-state index in [0.29, 0.717) is 18.6 Å². The fourth-order valence-corrected chi connectivity index (χ4v) is 1.50. The number of nitrogens with zero attached hydrogens (tertiary/aromatic N) is 1. The molecule has 1 saturated carbocycles. The van der Waals surface area contributed by atoms with Gasteiger partial charge in [0.2, 0.25) is 0 Å². The maximum atomic E-state index is 10.5. The number of aliphatic hydroxyl groups excluding tert-OH is 1. The van der Waals surface area contributed by atoms with Crippen molar-refractivity contribution >= 4 is 5.69 Å². The zero-order valence-corrected chi connectivity index (χ0v) is 8.00. The summed E-state index contributed by atoms with van der Waals surface area (Å²) in [5.41, 5.74) is 0.0207. The molecule has 2 rings (SSSR count). The quantitative estimate of drug-likeness (QED) is 0.604. The first-order valence-corrected chi connectivity index (χ1v) is 4.74. The minimum atomic E-state index is -0.456. The largest absolute Gasteiger partial charge is 0.490 e. The number of benzene rings is 1. The van der Waals surface area contributed by atoms with E-state index < -0.39 is 4.92 Å². The molecule has 0 bridgehead atoms. The minimum Gasteiger partial charge on any atom is -0.490 e. The van der Waals surface area contributed by atoms with Crippen LogP contribution < -0.4 is 4.74 Å². The van der Waals surface area contributed by atoms with Crippen LogP contribution >= 0.6 is 0 Å². The van der Waals surface area contributed by atoms with Crippen molar-refractivity contribution in [2.24, 2.45) is 0 Å². The van der Waals surface area contributed by atoms with E-state index in [0.717, 1.165) is 0 Å². The van der Waals surface area contributed by atoms with E-state index in [1.165, 1.54) is 12.1 Å². The second-order valence-corrected chi connectivity index (χ2v) is 3.62. The number of rotatable bonds is 3. The van der Waals surface area contributed by atoms with E-state index in [4.69, 9.17) is 9.84 Å². The smallest absolute Gasteiger partial charge is 0.273 e. The monoisotopic (exact) mass is 209 g/mol. The third-order valence-corrected chi connectivity index (χ3v) is 2.40. The average molecular weight is 209 g/mol. The zero-order valence-electron chi connectivity index (χ0n) is 8.00. The Morgan fingerprint density at radius 1 is 1.47 bits per heavy atom. The number of ether oxygens (including phenoxy) is 1. The molecule has 0 spiro atoms. The molecule has 0 heterocycles. The number of nitro benzene ring substituents is 1. The second kappa shape index (κ2) is 3.86. The van der Waals surface area contributed by atoms with E-state index in [1.54, 1.807) is 12.1 Å². The van der Waals surface area contributed by atoms with Crippen LogP contribution in [0, 0.1) is 10.1 Å². The highest BCUT2D eigenvalue weighted by atomic mass is 16.6. The summed E-state index contributed by atoms with van der Waals surface area (Å²) in [6.07, 6.45) is 0.904. The Hall–Kier alpha value is -1.62. The lowest BCUT2D eigenvalue weighted by Crippen LogP contribution is -2.37. The molecule has 1 aliphatic carbocycles. The van der Waals surface area contributed by atoms with Gasteiger partial charge < -0.3 is 9.84 Å². The Balaban J connectivity index is 2.02. The summed E-state index contributed by atoms with van der Waals surface area (Å²) in [5, 5.41) is 19.5. The van der Waals surface area contributed by atoms with Gasteiger partial charge in [0.25, 0.3) is 5.69 Å². The molecule has 5 heteroatoms. The Labute approximate surface area is 86.4 Å². The lowest BCUT2D eigenvalue weighted by atomic mass is 9.92.